The number of para-hydroxylation sites is 2. The molecule has 6 heterocycles. The second-order valence-corrected chi connectivity index (χ2v) is 28.6. The number of hydrogen-bond donors (Lipinski definition) is 0. The maximum atomic E-state index is 8.04. The Morgan fingerprint density at radius 1 is 0.250 bits per heavy atom. The summed E-state index contributed by atoms with van der Waals surface area (Å²) in [5.41, 5.74) is 23.2. The van der Waals surface area contributed by atoms with Gasteiger partial charge in [0.25, 0.3) is 0 Å². The summed E-state index contributed by atoms with van der Waals surface area (Å²) in [6.07, 6.45) is 0. The van der Waals surface area contributed by atoms with Crippen molar-refractivity contribution in [1.29, 1.82) is 0 Å². The molecule has 0 N–H and O–H groups in total. The fourth-order valence-corrected chi connectivity index (χ4v) is 20.3. The second kappa shape index (κ2) is 19.1. The van der Waals surface area contributed by atoms with Crippen molar-refractivity contribution in [2.75, 3.05) is 0 Å². The Labute approximate surface area is 576 Å². The number of ether oxygens (including phenoxy) is 2. The van der Waals surface area contributed by atoms with E-state index in [1.165, 1.54) is 80.8 Å². The van der Waals surface area contributed by atoms with Gasteiger partial charge in [0.1, 0.15) is 22.7 Å². The molecule has 0 radical (unpaired) electrons. The third-order valence-corrected chi connectivity index (χ3v) is 24.2. The average molecular weight is 1290 g/mol. The summed E-state index contributed by atoms with van der Waals surface area (Å²) in [5.74, 6) is 3.36. The molecule has 0 saturated carbocycles. The first-order valence-electron chi connectivity index (χ1n) is 34.4. The molecule has 100 heavy (non-hydrogen) atoms. The molecule has 2 spiro atoms. The van der Waals surface area contributed by atoms with Crippen molar-refractivity contribution >= 4 is 119 Å². The van der Waals surface area contributed by atoms with Crippen molar-refractivity contribution in [3.8, 4) is 67.8 Å². The van der Waals surface area contributed by atoms with Crippen LogP contribution < -0.4 is 9.47 Å². The Balaban J connectivity index is 0.798. The maximum Gasteiger partial charge on any atom is 0.156 e. The molecule has 0 saturated heterocycles. The Kier molecular flexibility index (Phi) is 10.2. The van der Waals surface area contributed by atoms with E-state index in [9.17, 15) is 0 Å². The van der Waals surface area contributed by atoms with Crippen LogP contribution >= 0.6 is 11.3 Å². The number of furan rings is 1. The van der Waals surface area contributed by atoms with E-state index in [2.05, 4.69) is 319 Å². The molecule has 0 unspecified atom stereocenters. The lowest BCUT2D eigenvalue weighted by molar-refractivity contribution is 0.440. The molecular formula is C94H52N2O3S. The van der Waals surface area contributed by atoms with Crippen molar-refractivity contribution in [3.05, 3.63) is 360 Å². The van der Waals surface area contributed by atoms with Crippen molar-refractivity contribution in [2.45, 2.75) is 10.8 Å². The van der Waals surface area contributed by atoms with Crippen LogP contribution in [0.5, 0.6) is 23.0 Å². The van der Waals surface area contributed by atoms with Gasteiger partial charge in [-0.3, -0.25) is 0 Å². The summed E-state index contributed by atoms with van der Waals surface area (Å²) >= 11 is 1.86. The van der Waals surface area contributed by atoms with Gasteiger partial charge in [-0.25, -0.2) is 0 Å². The van der Waals surface area contributed by atoms with E-state index in [1.807, 2.05) is 17.4 Å². The first kappa shape index (κ1) is 53.4. The Morgan fingerprint density at radius 2 is 0.710 bits per heavy atom. The predicted molar refractivity (Wildman–Crippen MR) is 410 cm³/mol. The lowest BCUT2D eigenvalue weighted by Gasteiger charge is -2.40. The topological polar surface area (TPSA) is 41.5 Å². The van der Waals surface area contributed by atoms with Gasteiger partial charge < -0.3 is 23.0 Å². The zero-order valence-electron chi connectivity index (χ0n) is 53.5. The second-order valence-electron chi connectivity index (χ2n) is 27.5. The minimum atomic E-state index is -0.752. The van der Waals surface area contributed by atoms with Gasteiger partial charge in [-0.1, -0.05) is 255 Å². The molecule has 2 aliphatic carbocycles. The molecule has 0 amide bonds. The minimum absolute atomic E-state index is 0.676. The Bertz CT molecular complexity index is 7040. The van der Waals surface area contributed by atoms with Gasteiger partial charge in [-0.2, -0.15) is 0 Å². The van der Waals surface area contributed by atoms with Gasteiger partial charge in [0.2, 0.25) is 0 Å². The molecule has 4 aromatic heterocycles. The monoisotopic (exact) mass is 1290 g/mol. The predicted octanol–water partition coefficient (Wildman–Crippen LogP) is 25.1. The first-order valence-corrected chi connectivity index (χ1v) is 35.3. The van der Waals surface area contributed by atoms with E-state index in [0.29, 0.717) is 0 Å². The number of rotatable bonds is 3. The van der Waals surface area contributed by atoms with Gasteiger partial charge in [0.15, 0.2) is 11.5 Å². The standard InChI is InChI=1S/C94H52N2O3S/c1-2-20-57-53(19-1)37-41-67-68-43-46-80-92(89(68)96(87(57)67)56-39-42-65-64-27-10-18-36-85(64)100-86(65)51-56)99-84-49-54(38-45-78(84)94(80)75-31-13-7-24-61(75)62-25-8-14-32-76(62)94)70-52-72-69-44-47-79-91(98-83-35-17-15-33-77(83)93(79)73-29-11-5-22-59(73)60-23-6-12-30-74(60)93)90(69)95(88(72)66-28-4-3-21-58(66)70)55-40-48-82-71(50-55)63-26-9-16-34-81(63)97-82/h1-52H. The number of fused-ring (bicyclic) bond motifs is 36. The summed E-state index contributed by atoms with van der Waals surface area (Å²) < 4.78 is 29.8. The quantitative estimate of drug-likeness (QED) is 0.177. The van der Waals surface area contributed by atoms with Gasteiger partial charge in [0.05, 0.1) is 32.9 Å². The Morgan fingerprint density at radius 3 is 1.41 bits per heavy atom. The molecule has 24 rings (SSSR count). The van der Waals surface area contributed by atoms with Crippen LogP contribution in [0.25, 0.3) is 152 Å². The summed E-state index contributed by atoms with van der Waals surface area (Å²) in [5, 5.41) is 13.8. The highest BCUT2D eigenvalue weighted by atomic mass is 32.1. The van der Waals surface area contributed by atoms with Crippen molar-refractivity contribution in [3.63, 3.8) is 0 Å². The largest absolute Gasteiger partial charge is 0.456 e. The summed E-state index contributed by atoms with van der Waals surface area (Å²) in [6.45, 7) is 0. The summed E-state index contributed by atoms with van der Waals surface area (Å²) in [7, 11) is 0. The van der Waals surface area contributed by atoms with Gasteiger partial charge in [0, 0.05) is 96.9 Å². The molecule has 0 bridgehead atoms. The number of aromatic nitrogens is 2. The maximum absolute atomic E-state index is 8.04. The molecular weight excluding hydrogens is 1240 g/mol. The molecule has 0 fully saturated rings. The van der Waals surface area contributed by atoms with Gasteiger partial charge >= 0.3 is 0 Å². The van der Waals surface area contributed by atoms with E-state index >= 15 is 0 Å². The van der Waals surface area contributed by atoms with Gasteiger partial charge in [-0.05, 0) is 127 Å². The number of benzene rings is 16. The number of nitrogens with zero attached hydrogens (tertiary/aromatic N) is 2. The van der Waals surface area contributed by atoms with E-state index in [0.717, 1.165) is 139 Å². The average Bonchev–Trinajstić information content (AvgIpc) is 1.48. The molecule has 16 aromatic carbocycles. The highest BCUT2D eigenvalue weighted by Gasteiger charge is 2.54. The SMILES string of the molecule is c1ccc2c(c1)Oc1c(ccc3c4cc(-c5ccc6c(c5)Oc5c(ccc7c8ccc9ccccc9c8n(-c8ccc9c(c8)sc8ccccc89)c57)C65c6ccccc6-c6ccccc65)c5ccccc5c4n(-c4ccc5oc6ccccc6c5c4)c13)C21c2ccccc2-c2ccccc21. The van der Waals surface area contributed by atoms with Crippen molar-refractivity contribution in [2.24, 2.45) is 0 Å². The van der Waals surface area contributed by atoms with Gasteiger partial charge in [-0.15, -0.1) is 11.3 Å². The third-order valence-electron chi connectivity index (χ3n) is 23.0. The summed E-state index contributed by atoms with van der Waals surface area (Å²) in [6, 6.07) is 117. The van der Waals surface area contributed by atoms with Crippen LogP contribution in [0.15, 0.2) is 320 Å². The normalized spacial score (nSPS) is 14.1. The first-order chi connectivity index (χ1) is 49.6. The molecule has 4 aliphatic rings. The van der Waals surface area contributed by atoms with Crippen LogP contribution in [0.2, 0.25) is 0 Å². The lowest BCUT2D eigenvalue weighted by atomic mass is 9.65. The van der Waals surface area contributed by atoms with E-state index in [1.54, 1.807) is 0 Å². The highest BCUT2D eigenvalue weighted by Crippen LogP contribution is 2.66. The van der Waals surface area contributed by atoms with E-state index in [4.69, 9.17) is 13.9 Å². The molecule has 462 valence electrons. The number of thiophene rings is 1. The fourth-order valence-electron chi connectivity index (χ4n) is 19.1. The Hall–Kier alpha value is -12.7. The molecule has 0 atom stereocenters. The van der Waals surface area contributed by atoms with Crippen molar-refractivity contribution in [1.82, 2.24) is 9.13 Å². The molecule has 20 aromatic rings. The molecule has 5 nitrogen and oxygen atoms in total. The van der Waals surface area contributed by atoms with E-state index < -0.39 is 10.8 Å². The number of hydrogen-bond acceptors (Lipinski definition) is 4. The smallest absolute Gasteiger partial charge is 0.156 e. The minimum Gasteiger partial charge on any atom is -0.456 e. The van der Waals surface area contributed by atoms with E-state index in [-0.39, 0.29) is 0 Å². The summed E-state index contributed by atoms with van der Waals surface area (Å²) in [4.78, 5) is 0. The third kappa shape index (κ3) is 6.54. The van der Waals surface area contributed by atoms with Crippen LogP contribution in [0.1, 0.15) is 44.5 Å². The molecule has 6 heteroatoms. The van der Waals surface area contributed by atoms with Crippen molar-refractivity contribution < 1.29 is 13.9 Å². The molecule has 2 aliphatic heterocycles. The zero-order valence-corrected chi connectivity index (χ0v) is 54.4. The van der Waals surface area contributed by atoms with Crippen LogP contribution in [0.4, 0.5) is 0 Å². The highest BCUT2D eigenvalue weighted by molar-refractivity contribution is 7.25. The fraction of sp³-hybridized carbons (Fsp3) is 0.0213. The lowest BCUT2D eigenvalue weighted by Crippen LogP contribution is -2.32. The van der Waals surface area contributed by atoms with Crippen LogP contribution in [0, 0.1) is 0 Å². The van der Waals surface area contributed by atoms with Crippen LogP contribution in [-0.4, -0.2) is 9.13 Å². The zero-order chi connectivity index (χ0) is 64.8. The van der Waals surface area contributed by atoms with Crippen LogP contribution in [0.3, 0.4) is 0 Å². The van der Waals surface area contributed by atoms with Crippen LogP contribution in [-0.2, 0) is 10.8 Å².